The van der Waals surface area contributed by atoms with Crippen molar-refractivity contribution in [3.05, 3.63) is 0 Å². The Morgan fingerprint density at radius 3 is 2.29 bits per heavy atom. The molecule has 0 fully saturated rings. The second-order valence-electron chi connectivity index (χ2n) is 2.73. The number of nitrogens with one attached hydrogen (secondary N) is 1. The van der Waals surface area contributed by atoms with Crippen LogP contribution in [0.15, 0.2) is 0 Å². The van der Waals surface area contributed by atoms with Gasteiger partial charge >= 0.3 is 0 Å². The van der Waals surface area contributed by atoms with E-state index in [0.717, 1.165) is 42.8 Å². The summed E-state index contributed by atoms with van der Waals surface area (Å²) in [5, 5.41) is 3.24. The molecule has 88 valence electrons. The summed E-state index contributed by atoms with van der Waals surface area (Å²) in [7, 11) is 0. The van der Waals surface area contributed by atoms with Crippen molar-refractivity contribution in [2.24, 2.45) is 5.73 Å². The van der Waals surface area contributed by atoms with E-state index in [0.29, 0.717) is 0 Å². The average molecular weight is 267 g/mol. The van der Waals surface area contributed by atoms with E-state index < -0.39 is 0 Å². The van der Waals surface area contributed by atoms with Crippen molar-refractivity contribution >= 4 is 35.2 Å². The highest BCUT2D eigenvalue weighted by molar-refractivity contribution is 6.38. The molecule has 14 heavy (non-hydrogen) atoms. The van der Waals surface area contributed by atoms with Gasteiger partial charge < -0.3 is 16.5 Å². The molecule has 0 aromatic heterocycles. The second-order valence-corrected chi connectivity index (χ2v) is 4.13. The Morgan fingerprint density at radius 1 is 1.21 bits per heavy atom. The standard InChI is InChI=1S/C7H16Cl3N3.H2O/c8-7(13(9)10)3-1-5-12-6-2-4-11;/h7,12H,1-6,11H2;1H2. The van der Waals surface area contributed by atoms with Crippen LogP contribution in [0.2, 0.25) is 0 Å². The van der Waals surface area contributed by atoms with E-state index in [-0.39, 0.29) is 11.0 Å². The molecule has 0 radical (unpaired) electrons. The maximum atomic E-state index is 5.77. The molecule has 0 bridgehead atoms. The van der Waals surface area contributed by atoms with Crippen molar-refractivity contribution in [2.45, 2.75) is 24.8 Å². The zero-order chi connectivity index (χ0) is 10.1. The summed E-state index contributed by atoms with van der Waals surface area (Å²) >= 11 is 16.6. The fraction of sp³-hybridized carbons (Fsp3) is 1.00. The lowest BCUT2D eigenvalue weighted by molar-refractivity contribution is 0.536. The molecule has 4 nitrogen and oxygen atoms in total. The van der Waals surface area contributed by atoms with Gasteiger partial charge in [0.15, 0.2) is 0 Å². The molecule has 1 atom stereocenters. The largest absolute Gasteiger partial charge is 0.412 e. The predicted molar refractivity (Wildman–Crippen MR) is 62.6 cm³/mol. The number of rotatable bonds is 8. The third-order valence-electron chi connectivity index (χ3n) is 1.57. The van der Waals surface area contributed by atoms with Gasteiger partial charge in [-0.3, -0.25) is 0 Å². The van der Waals surface area contributed by atoms with Crippen LogP contribution in [-0.2, 0) is 0 Å². The Kier molecular flexibility index (Phi) is 14.4. The Bertz CT molecular complexity index is 118. The van der Waals surface area contributed by atoms with E-state index in [9.17, 15) is 0 Å². The van der Waals surface area contributed by atoms with Gasteiger partial charge in [0.05, 0.1) is 0 Å². The molecule has 0 saturated carbocycles. The van der Waals surface area contributed by atoms with Gasteiger partial charge in [-0.15, -0.1) is 15.5 Å². The van der Waals surface area contributed by atoms with Crippen LogP contribution in [0.4, 0.5) is 0 Å². The van der Waals surface area contributed by atoms with Gasteiger partial charge in [0.2, 0.25) is 0 Å². The van der Waals surface area contributed by atoms with E-state index in [1.54, 1.807) is 0 Å². The molecule has 0 aliphatic carbocycles. The topological polar surface area (TPSA) is 72.8 Å². The quantitative estimate of drug-likeness (QED) is 0.299. The fourth-order valence-corrected chi connectivity index (χ4v) is 1.19. The number of halogens is 3. The molecule has 0 rings (SSSR count). The highest BCUT2D eigenvalue weighted by atomic mass is 35.5. The Labute approximate surface area is 100 Å². The van der Waals surface area contributed by atoms with Crippen LogP contribution in [0.25, 0.3) is 0 Å². The van der Waals surface area contributed by atoms with Crippen LogP contribution in [-0.4, -0.2) is 34.5 Å². The van der Waals surface area contributed by atoms with Gasteiger partial charge in [-0.25, -0.2) is 0 Å². The molecule has 0 saturated heterocycles. The zero-order valence-corrected chi connectivity index (χ0v) is 10.2. The summed E-state index contributed by atoms with van der Waals surface area (Å²) in [6.45, 7) is 2.60. The van der Waals surface area contributed by atoms with Gasteiger partial charge in [-0.05, 0) is 62.5 Å². The Hall–Kier alpha value is 0.710. The number of alkyl halides is 1. The number of nitrogens with zero attached hydrogens (tertiary/aromatic N) is 1. The Balaban J connectivity index is 0. The molecule has 0 aromatic carbocycles. The minimum atomic E-state index is -0.306. The summed E-state index contributed by atoms with van der Waals surface area (Å²) in [5.41, 5.74) is 5.02. The minimum absolute atomic E-state index is 0. The molecular weight excluding hydrogens is 248 g/mol. The van der Waals surface area contributed by atoms with Crippen molar-refractivity contribution < 1.29 is 5.48 Å². The molecule has 7 heteroatoms. The lowest BCUT2D eigenvalue weighted by Gasteiger charge is -2.11. The summed E-state index contributed by atoms with van der Waals surface area (Å²) in [6.07, 6.45) is 2.72. The average Bonchev–Trinajstić information content (AvgIpc) is 2.10. The Morgan fingerprint density at radius 2 is 1.79 bits per heavy atom. The first-order valence-electron chi connectivity index (χ1n) is 4.34. The van der Waals surface area contributed by atoms with Crippen LogP contribution in [0.1, 0.15) is 19.3 Å². The van der Waals surface area contributed by atoms with Crippen molar-refractivity contribution in [3.63, 3.8) is 0 Å². The molecule has 0 aliphatic heterocycles. The highest BCUT2D eigenvalue weighted by Crippen LogP contribution is 2.15. The predicted octanol–water partition coefficient (Wildman–Crippen LogP) is 1.05. The third kappa shape index (κ3) is 10.8. The first-order chi connectivity index (χ1) is 6.18. The molecule has 0 amide bonds. The molecule has 5 N–H and O–H groups in total. The summed E-state index contributed by atoms with van der Waals surface area (Å²) in [6, 6.07) is 0. The summed E-state index contributed by atoms with van der Waals surface area (Å²) in [4.78, 5) is 0. The van der Waals surface area contributed by atoms with E-state index >= 15 is 0 Å². The van der Waals surface area contributed by atoms with E-state index in [4.69, 9.17) is 40.9 Å². The van der Waals surface area contributed by atoms with Crippen molar-refractivity contribution in [3.8, 4) is 0 Å². The first-order valence-corrected chi connectivity index (χ1v) is 5.45. The molecule has 0 aliphatic rings. The van der Waals surface area contributed by atoms with Gasteiger partial charge in [-0.1, -0.05) is 0 Å². The highest BCUT2D eigenvalue weighted by Gasteiger charge is 2.09. The smallest absolute Gasteiger partial charge is 0.115 e. The van der Waals surface area contributed by atoms with E-state index in [1.165, 1.54) is 0 Å². The molecule has 0 heterocycles. The van der Waals surface area contributed by atoms with Crippen LogP contribution in [0, 0.1) is 0 Å². The lowest BCUT2D eigenvalue weighted by atomic mass is 10.3. The fourth-order valence-electron chi connectivity index (χ4n) is 0.845. The van der Waals surface area contributed by atoms with Crippen LogP contribution < -0.4 is 11.1 Å². The molecule has 1 unspecified atom stereocenters. The molecule has 0 aromatic rings. The van der Waals surface area contributed by atoms with Crippen LogP contribution >= 0.6 is 35.2 Å². The third-order valence-corrected chi connectivity index (χ3v) is 2.65. The summed E-state index contributed by atoms with van der Waals surface area (Å²) in [5.74, 6) is 0. The van der Waals surface area contributed by atoms with Gasteiger partial charge in [-0.2, -0.15) is 0 Å². The number of hydrogen-bond acceptors (Lipinski definition) is 3. The van der Waals surface area contributed by atoms with Crippen LogP contribution in [0.5, 0.6) is 0 Å². The maximum absolute atomic E-state index is 5.77. The lowest BCUT2D eigenvalue weighted by Crippen LogP contribution is -2.21. The number of hydrogen-bond donors (Lipinski definition) is 2. The zero-order valence-electron chi connectivity index (χ0n) is 7.98. The second kappa shape index (κ2) is 11.8. The van der Waals surface area contributed by atoms with Crippen molar-refractivity contribution in [1.29, 1.82) is 0 Å². The van der Waals surface area contributed by atoms with Gasteiger partial charge in [0.25, 0.3) is 0 Å². The normalized spacial score (nSPS) is 12.6. The first kappa shape index (κ1) is 17.1. The van der Waals surface area contributed by atoms with Crippen molar-refractivity contribution in [2.75, 3.05) is 19.6 Å². The molecular formula is C7H18Cl3N3O. The van der Waals surface area contributed by atoms with E-state index in [1.807, 2.05) is 0 Å². The SMILES string of the molecule is NCCCNCCCC(Cl)N(Cl)Cl.O. The van der Waals surface area contributed by atoms with Crippen molar-refractivity contribution in [1.82, 2.24) is 9.25 Å². The summed E-state index contributed by atoms with van der Waals surface area (Å²) < 4.78 is 0.974. The maximum Gasteiger partial charge on any atom is 0.115 e. The van der Waals surface area contributed by atoms with Crippen LogP contribution in [0.3, 0.4) is 0 Å². The van der Waals surface area contributed by atoms with Gasteiger partial charge in [0, 0.05) is 0 Å². The van der Waals surface area contributed by atoms with E-state index in [2.05, 4.69) is 5.32 Å². The van der Waals surface area contributed by atoms with Gasteiger partial charge in [0.1, 0.15) is 5.50 Å². The minimum Gasteiger partial charge on any atom is -0.412 e. The molecule has 0 spiro atoms. The monoisotopic (exact) mass is 265 g/mol. The number of nitrogens with two attached hydrogens (primary N) is 1.